The summed E-state index contributed by atoms with van der Waals surface area (Å²) < 4.78 is 0. The molecular weight excluding hydrogens is 126 g/mol. The van der Waals surface area contributed by atoms with Crippen LogP contribution >= 0.6 is 11.6 Å². The molecular formula is C5H8ClNO. The molecule has 2 nitrogen and oxygen atoms in total. The molecule has 8 heavy (non-hydrogen) atoms. The number of carbonyl (C=O) groups is 1. The van der Waals surface area contributed by atoms with Gasteiger partial charge >= 0.3 is 0 Å². The van der Waals surface area contributed by atoms with E-state index in [9.17, 15) is 4.79 Å². The monoisotopic (exact) mass is 133 g/mol. The number of allylic oxidation sites excluding steroid dienone is 1. The summed E-state index contributed by atoms with van der Waals surface area (Å²) in [6.45, 7) is 1.94. The van der Waals surface area contributed by atoms with E-state index in [4.69, 9.17) is 11.6 Å². The molecule has 0 rings (SSSR count). The van der Waals surface area contributed by atoms with Crippen LogP contribution in [-0.4, -0.2) is 6.41 Å². The van der Waals surface area contributed by atoms with Crippen LogP contribution in [0.4, 0.5) is 0 Å². The molecule has 0 fully saturated rings. The highest BCUT2D eigenvalue weighted by atomic mass is 35.5. The maximum Gasteiger partial charge on any atom is 0.212 e. The molecule has 46 valence electrons. The normalized spacial score (nSPS) is 11.0. The van der Waals surface area contributed by atoms with Gasteiger partial charge in [-0.05, 0) is 12.5 Å². The van der Waals surface area contributed by atoms with Crippen molar-refractivity contribution in [3.63, 3.8) is 0 Å². The van der Waals surface area contributed by atoms with Crippen LogP contribution in [0.2, 0.25) is 0 Å². The number of rotatable bonds is 3. The van der Waals surface area contributed by atoms with Gasteiger partial charge in [-0.1, -0.05) is 18.5 Å². The maximum atomic E-state index is 9.65. The molecule has 0 saturated carbocycles. The Balaban J connectivity index is 3.44. The predicted molar refractivity (Wildman–Crippen MR) is 33.4 cm³/mol. The van der Waals surface area contributed by atoms with Crippen molar-refractivity contribution in [1.82, 2.24) is 5.32 Å². The molecule has 0 aromatic rings. The topological polar surface area (TPSA) is 29.1 Å². The highest BCUT2D eigenvalue weighted by molar-refractivity contribution is 6.29. The summed E-state index contributed by atoms with van der Waals surface area (Å²) >= 11 is 5.40. The van der Waals surface area contributed by atoms with Crippen molar-refractivity contribution in [3.05, 3.63) is 11.2 Å². The second kappa shape index (κ2) is 4.65. The van der Waals surface area contributed by atoms with Crippen LogP contribution in [0.15, 0.2) is 11.2 Å². The van der Waals surface area contributed by atoms with Crippen molar-refractivity contribution in [2.24, 2.45) is 0 Å². The number of halogens is 1. The van der Waals surface area contributed by atoms with Gasteiger partial charge in [0.25, 0.3) is 0 Å². The number of amides is 1. The molecule has 0 aromatic heterocycles. The van der Waals surface area contributed by atoms with Crippen LogP contribution in [0.25, 0.3) is 0 Å². The van der Waals surface area contributed by atoms with Crippen molar-refractivity contribution >= 4 is 18.0 Å². The van der Waals surface area contributed by atoms with Gasteiger partial charge in [-0.2, -0.15) is 0 Å². The predicted octanol–water partition coefficient (Wildman–Crippen LogP) is 1.22. The molecule has 0 radical (unpaired) electrons. The SMILES string of the molecule is CC/C=C(/Cl)NC=O. The van der Waals surface area contributed by atoms with Crippen LogP contribution in [0.1, 0.15) is 13.3 Å². The van der Waals surface area contributed by atoms with Gasteiger partial charge < -0.3 is 5.32 Å². The molecule has 0 aliphatic carbocycles. The first-order chi connectivity index (χ1) is 3.81. The summed E-state index contributed by atoms with van der Waals surface area (Å²) in [4.78, 5) is 9.65. The van der Waals surface area contributed by atoms with Crippen LogP contribution in [-0.2, 0) is 4.79 Å². The van der Waals surface area contributed by atoms with E-state index in [1.165, 1.54) is 0 Å². The lowest BCUT2D eigenvalue weighted by Gasteiger charge is -1.89. The molecule has 0 aliphatic heterocycles. The Labute approximate surface area is 53.5 Å². The zero-order valence-corrected chi connectivity index (χ0v) is 5.40. The third-order valence-electron chi connectivity index (χ3n) is 0.580. The fraction of sp³-hybridized carbons (Fsp3) is 0.400. The van der Waals surface area contributed by atoms with Crippen molar-refractivity contribution in [3.8, 4) is 0 Å². The van der Waals surface area contributed by atoms with Crippen LogP contribution < -0.4 is 5.32 Å². The minimum absolute atomic E-state index is 0.391. The number of nitrogens with one attached hydrogen (secondary N) is 1. The molecule has 0 heterocycles. The van der Waals surface area contributed by atoms with E-state index in [0.29, 0.717) is 11.6 Å². The molecule has 1 amide bonds. The molecule has 0 spiro atoms. The van der Waals surface area contributed by atoms with Crippen molar-refractivity contribution in [1.29, 1.82) is 0 Å². The molecule has 0 aliphatic rings. The highest BCUT2D eigenvalue weighted by Crippen LogP contribution is 1.94. The van der Waals surface area contributed by atoms with Gasteiger partial charge in [-0.25, -0.2) is 0 Å². The Bertz CT molecular complexity index is 101. The molecule has 0 atom stereocenters. The summed E-state index contributed by atoms with van der Waals surface area (Å²) in [6.07, 6.45) is 3.10. The Morgan fingerprint density at radius 1 is 1.88 bits per heavy atom. The summed E-state index contributed by atoms with van der Waals surface area (Å²) in [5, 5.41) is 2.68. The number of carbonyl (C=O) groups excluding carboxylic acids is 1. The second-order valence-electron chi connectivity index (χ2n) is 1.22. The van der Waals surface area contributed by atoms with Gasteiger partial charge in [0.2, 0.25) is 6.41 Å². The first kappa shape index (κ1) is 7.50. The van der Waals surface area contributed by atoms with Crippen LogP contribution in [0, 0.1) is 0 Å². The lowest BCUT2D eigenvalue weighted by atomic mass is 10.5. The second-order valence-corrected chi connectivity index (χ2v) is 1.63. The quantitative estimate of drug-likeness (QED) is 0.455. The fourth-order valence-corrected chi connectivity index (χ4v) is 0.493. The summed E-state index contributed by atoms with van der Waals surface area (Å²) in [6, 6.07) is 0. The Morgan fingerprint density at radius 3 is 2.88 bits per heavy atom. The van der Waals surface area contributed by atoms with Gasteiger partial charge in [0.1, 0.15) is 5.16 Å². The average molecular weight is 134 g/mol. The van der Waals surface area contributed by atoms with Crippen molar-refractivity contribution in [2.75, 3.05) is 0 Å². The van der Waals surface area contributed by atoms with E-state index < -0.39 is 0 Å². The number of hydrogen-bond acceptors (Lipinski definition) is 1. The van der Waals surface area contributed by atoms with Gasteiger partial charge in [0.15, 0.2) is 0 Å². The van der Waals surface area contributed by atoms with E-state index in [0.717, 1.165) is 6.42 Å². The van der Waals surface area contributed by atoms with Gasteiger partial charge in [-0.15, -0.1) is 0 Å². The van der Waals surface area contributed by atoms with Gasteiger partial charge in [0, 0.05) is 0 Å². The first-order valence-electron chi connectivity index (χ1n) is 2.37. The molecule has 0 unspecified atom stereocenters. The average Bonchev–Trinajstić information content (AvgIpc) is 1.68. The summed E-state index contributed by atoms with van der Waals surface area (Å²) in [7, 11) is 0. The molecule has 0 bridgehead atoms. The van der Waals surface area contributed by atoms with Gasteiger partial charge in [-0.3, -0.25) is 4.79 Å². The van der Waals surface area contributed by atoms with Crippen LogP contribution in [0.3, 0.4) is 0 Å². The van der Waals surface area contributed by atoms with E-state index in [-0.39, 0.29) is 0 Å². The van der Waals surface area contributed by atoms with E-state index in [2.05, 4.69) is 5.32 Å². The third kappa shape index (κ3) is 3.68. The minimum Gasteiger partial charge on any atom is -0.319 e. The molecule has 1 N–H and O–H groups in total. The fourth-order valence-electron chi connectivity index (χ4n) is 0.294. The Kier molecular flexibility index (Phi) is 4.36. The highest BCUT2D eigenvalue weighted by Gasteiger charge is 1.81. The third-order valence-corrected chi connectivity index (χ3v) is 0.844. The Hall–Kier alpha value is -0.500. The lowest BCUT2D eigenvalue weighted by molar-refractivity contribution is -0.108. The molecule has 0 aromatic carbocycles. The summed E-state index contributed by atoms with van der Waals surface area (Å²) in [5.74, 6) is 0. The lowest BCUT2D eigenvalue weighted by Crippen LogP contribution is -2.04. The van der Waals surface area contributed by atoms with Crippen molar-refractivity contribution in [2.45, 2.75) is 13.3 Å². The van der Waals surface area contributed by atoms with E-state index in [1.807, 2.05) is 6.92 Å². The number of hydrogen-bond donors (Lipinski definition) is 1. The zero-order chi connectivity index (χ0) is 6.41. The zero-order valence-electron chi connectivity index (χ0n) is 4.65. The van der Waals surface area contributed by atoms with Gasteiger partial charge in [0.05, 0.1) is 0 Å². The largest absolute Gasteiger partial charge is 0.319 e. The molecule has 3 heteroatoms. The smallest absolute Gasteiger partial charge is 0.212 e. The standard InChI is InChI=1S/C5H8ClNO/c1-2-3-5(6)7-4-8/h3-4H,2H2,1H3,(H,7,8)/b5-3-. The van der Waals surface area contributed by atoms with E-state index in [1.54, 1.807) is 6.08 Å². The Morgan fingerprint density at radius 2 is 2.50 bits per heavy atom. The van der Waals surface area contributed by atoms with Crippen molar-refractivity contribution < 1.29 is 4.79 Å². The first-order valence-corrected chi connectivity index (χ1v) is 2.75. The minimum atomic E-state index is 0.391. The summed E-state index contributed by atoms with van der Waals surface area (Å²) in [5.41, 5.74) is 0. The van der Waals surface area contributed by atoms with E-state index >= 15 is 0 Å². The molecule has 0 saturated heterocycles. The van der Waals surface area contributed by atoms with Crippen LogP contribution in [0.5, 0.6) is 0 Å². The maximum absolute atomic E-state index is 9.65.